The molecule has 2 aromatic carbocycles. The number of aromatic amines is 1. The van der Waals surface area contributed by atoms with Crippen molar-refractivity contribution in [2.24, 2.45) is 0 Å². The second kappa shape index (κ2) is 7.13. The highest BCUT2D eigenvalue weighted by atomic mass is 35.5. The normalized spacial score (nSPS) is 12.0. The van der Waals surface area contributed by atoms with Crippen LogP contribution in [0.25, 0.3) is 10.9 Å². The number of nitrogens with one attached hydrogen (secondary N) is 2. The molecule has 0 aliphatic rings. The first-order valence-corrected chi connectivity index (χ1v) is 8.79. The number of hydrogen-bond donors (Lipinski definition) is 3. The van der Waals surface area contributed by atoms with Crippen LogP contribution in [-0.2, 0) is 0 Å². The van der Waals surface area contributed by atoms with Crippen molar-refractivity contribution in [3.8, 4) is 11.5 Å². The summed E-state index contributed by atoms with van der Waals surface area (Å²) < 4.78 is 0. The molecule has 134 valence electrons. The van der Waals surface area contributed by atoms with Crippen molar-refractivity contribution < 1.29 is 15.2 Å². The second-order valence-corrected chi connectivity index (χ2v) is 6.57. The lowest BCUT2D eigenvalue weighted by atomic mass is 9.96. The summed E-state index contributed by atoms with van der Waals surface area (Å²) >= 11 is 6.03. The summed E-state index contributed by atoms with van der Waals surface area (Å²) in [6.45, 7) is 0. The maximum atomic E-state index is 10.9. The molecular weight excluding hydrogens is 362 g/mol. The molecule has 0 radical (unpaired) electrons. The Morgan fingerprint density at radius 1 is 0.963 bits per heavy atom. The number of benzene rings is 2. The van der Waals surface area contributed by atoms with E-state index in [1.807, 2.05) is 36.4 Å². The van der Waals surface area contributed by atoms with E-state index in [4.69, 9.17) is 11.6 Å². The fraction of sp³-hybridized carbons (Fsp3) is 0.0476. The molecule has 0 bridgehead atoms. The van der Waals surface area contributed by atoms with Gasteiger partial charge in [-0.3, -0.25) is 10.3 Å². The summed E-state index contributed by atoms with van der Waals surface area (Å²) in [6, 6.07) is 17.7. The highest BCUT2D eigenvalue weighted by Gasteiger charge is 2.25. The molecule has 0 unspecified atom stereocenters. The first-order chi connectivity index (χ1) is 13.1. The highest BCUT2D eigenvalue weighted by Crippen LogP contribution is 2.37. The van der Waals surface area contributed by atoms with Crippen LogP contribution in [0.15, 0.2) is 73.1 Å². The van der Waals surface area contributed by atoms with E-state index in [2.05, 4.69) is 15.3 Å². The van der Waals surface area contributed by atoms with Gasteiger partial charge in [0.2, 0.25) is 5.75 Å². The van der Waals surface area contributed by atoms with Crippen molar-refractivity contribution in [1.29, 1.82) is 0 Å². The zero-order chi connectivity index (χ0) is 18.8. The van der Waals surface area contributed by atoms with Crippen LogP contribution in [0, 0.1) is 0 Å². The smallest absolute Gasteiger partial charge is 0.315 e. The minimum absolute atomic E-state index is 0.0786. The summed E-state index contributed by atoms with van der Waals surface area (Å²) in [5.74, 6) is 0.615. The monoisotopic (exact) mass is 378 g/mol. The molecule has 1 atom stereocenters. The largest absolute Gasteiger partial charge is 0.505 e. The van der Waals surface area contributed by atoms with Crippen LogP contribution in [0.3, 0.4) is 0 Å². The zero-order valence-electron chi connectivity index (χ0n) is 14.2. The topological polar surface area (TPSA) is 79.5 Å². The number of aromatic nitrogens is 2. The summed E-state index contributed by atoms with van der Waals surface area (Å²) in [5, 5.41) is 25.8. The summed E-state index contributed by atoms with van der Waals surface area (Å²) in [4.78, 5) is 7.29. The number of anilines is 1. The lowest BCUT2D eigenvalue weighted by molar-refractivity contribution is -0.362. The first-order valence-electron chi connectivity index (χ1n) is 8.42. The highest BCUT2D eigenvalue weighted by molar-refractivity contribution is 6.30. The predicted molar refractivity (Wildman–Crippen MR) is 105 cm³/mol. The molecule has 0 spiro atoms. The van der Waals surface area contributed by atoms with Gasteiger partial charge in [-0.15, -0.1) is 0 Å². The lowest BCUT2D eigenvalue weighted by Gasteiger charge is -2.18. The number of fused-ring (bicyclic) bond motifs is 1. The van der Waals surface area contributed by atoms with Gasteiger partial charge in [-0.1, -0.05) is 35.9 Å². The molecule has 0 amide bonds. The summed E-state index contributed by atoms with van der Waals surface area (Å²) in [6.07, 6.45) is 3.36. The second-order valence-electron chi connectivity index (χ2n) is 6.14. The van der Waals surface area contributed by atoms with Crippen LogP contribution < -0.4 is 10.3 Å². The van der Waals surface area contributed by atoms with Gasteiger partial charge in [-0.2, -0.15) is 0 Å². The van der Waals surface area contributed by atoms with Gasteiger partial charge in [0.15, 0.2) is 0 Å². The molecule has 27 heavy (non-hydrogen) atoms. The molecule has 4 N–H and O–H groups in total. The van der Waals surface area contributed by atoms with Crippen molar-refractivity contribution in [2.75, 3.05) is 5.32 Å². The lowest BCUT2D eigenvalue weighted by Crippen LogP contribution is -2.19. The Balaban J connectivity index is 1.86. The van der Waals surface area contributed by atoms with Crippen molar-refractivity contribution in [3.05, 3.63) is 89.2 Å². The molecular formula is C21H17ClN3O2+. The van der Waals surface area contributed by atoms with Crippen LogP contribution in [0.1, 0.15) is 17.2 Å². The fourth-order valence-electron chi connectivity index (χ4n) is 3.06. The van der Waals surface area contributed by atoms with Gasteiger partial charge >= 0.3 is 5.82 Å². The average molecular weight is 379 g/mol. The van der Waals surface area contributed by atoms with E-state index in [0.29, 0.717) is 21.9 Å². The number of rotatable bonds is 4. The van der Waals surface area contributed by atoms with Gasteiger partial charge < -0.3 is 10.2 Å². The van der Waals surface area contributed by atoms with E-state index in [9.17, 15) is 10.2 Å². The van der Waals surface area contributed by atoms with Crippen LogP contribution in [-0.4, -0.2) is 15.2 Å². The number of phenols is 1. The molecule has 4 aromatic rings. The summed E-state index contributed by atoms with van der Waals surface area (Å²) in [7, 11) is 0. The van der Waals surface area contributed by atoms with Gasteiger partial charge in [0.05, 0.1) is 6.20 Å². The molecule has 0 saturated heterocycles. The third kappa shape index (κ3) is 3.37. The maximum Gasteiger partial charge on any atom is 0.315 e. The number of nitrogens with zero attached hydrogens (tertiary/aromatic N) is 1. The van der Waals surface area contributed by atoms with Crippen molar-refractivity contribution in [1.82, 2.24) is 4.98 Å². The number of H-pyrrole nitrogens is 1. The number of halogens is 1. The van der Waals surface area contributed by atoms with E-state index in [-0.39, 0.29) is 11.5 Å². The van der Waals surface area contributed by atoms with E-state index < -0.39 is 6.04 Å². The minimum Gasteiger partial charge on any atom is -0.505 e. The third-order valence-electron chi connectivity index (χ3n) is 4.42. The van der Waals surface area contributed by atoms with Crippen molar-refractivity contribution in [3.63, 3.8) is 0 Å². The Bertz CT molecular complexity index is 1100. The number of phenolic OH excluding ortho intramolecular Hbond substituents is 1. The van der Waals surface area contributed by atoms with Gasteiger partial charge in [-0.05, 0) is 36.4 Å². The Labute approximate surface area is 160 Å². The summed E-state index contributed by atoms with van der Waals surface area (Å²) in [5.41, 5.74) is 2.04. The average Bonchev–Trinajstić information content (AvgIpc) is 2.69. The number of hydrogen-bond acceptors (Lipinski definition) is 4. The quantitative estimate of drug-likeness (QED) is 0.494. The van der Waals surface area contributed by atoms with E-state index in [0.717, 1.165) is 10.9 Å². The Kier molecular flexibility index (Phi) is 4.52. The van der Waals surface area contributed by atoms with Gasteiger partial charge in [0.1, 0.15) is 17.3 Å². The van der Waals surface area contributed by atoms with Crippen LogP contribution in [0.2, 0.25) is 5.02 Å². The minimum atomic E-state index is -0.432. The fourth-order valence-corrected chi connectivity index (χ4v) is 3.19. The van der Waals surface area contributed by atoms with Crippen LogP contribution in [0.4, 0.5) is 5.82 Å². The molecule has 2 aromatic heterocycles. The maximum absolute atomic E-state index is 10.9. The van der Waals surface area contributed by atoms with Crippen molar-refractivity contribution in [2.45, 2.75) is 6.04 Å². The Morgan fingerprint density at radius 2 is 1.78 bits per heavy atom. The SMILES string of the molecule is Oc1ccc[nH+]c1N[C@@H](c1ccc(Cl)cc1)c1ccc2cccnc2c1O. The van der Waals surface area contributed by atoms with Crippen LogP contribution >= 0.6 is 11.6 Å². The first kappa shape index (κ1) is 17.1. The van der Waals surface area contributed by atoms with Gasteiger partial charge in [-0.25, -0.2) is 4.98 Å². The molecule has 0 aliphatic heterocycles. The molecule has 0 fully saturated rings. The van der Waals surface area contributed by atoms with Gasteiger partial charge in [0.25, 0.3) is 0 Å². The molecule has 4 rings (SSSR count). The number of pyridine rings is 2. The van der Waals surface area contributed by atoms with Crippen LogP contribution in [0.5, 0.6) is 11.5 Å². The predicted octanol–water partition coefficient (Wildman–Crippen LogP) is 4.32. The molecule has 2 heterocycles. The van der Waals surface area contributed by atoms with Crippen molar-refractivity contribution >= 4 is 28.3 Å². The Hall–Kier alpha value is -3.31. The molecule has 6 heteroatoms. The Morgan fingerprint density at radius 3 is 2.56 bits per heavy atom. The van der Waals surface area contributed by atoms with E-state index in [1.54, 1.807) is 36.7 Å². The van der Waals surface area contributed by atoms with Gasteiger partial charge in [0, 0.05) is 27.7 Å². The third-order valence-corrected chi connectivity index (χ3v) is 4.67. The molecule has 0 aliphatic carbocycles. The standard InChI is InChI=1S/C21H16ClN3O2/c22-15-8-5-14(6-9-15)18(25-21-17(26)4-2-12-24-21)16-10-7-13-3-1-11-23-19(13)20(16)27/h1-12,18,26-27H,(H,24,25)/p+1/t18-/m0/s1. The molecule has 0 saturated carbocycles. The molecule has 5 nitrogen and oxygen atoms in total. The van der Waals surface area contributed by atoms with E-state index >= 15 is 0 Å². The van der Waals surface area contributed by atoms with E-state index in [1.165, 1.54) is 0 Å². The number of aromatic hydroxyl groups is 2. The zero-order valence-corrected chi connectivity index (χ0v) is 15.0.